The molecule has 0 aliphatic carbocycles. The first-order valence-electron chi connectivity index (χ1n) is 7.02. The van der Waals surface area contributed by atoms with Crippen LogP contribution in [0.4, 0.5) is 0 Å². The zero-order chi connectivity index (χ0) is 17.2. The number of rotatable bonds is 6. The van der Waals surface area contributed by atoms with Crippen LogP contribution < -0.4 is 0 Å². The first-order valence-corrected chi connectivity index (χ1v) is 8.46. The number of carboxylic acid groups (broad SMARTS) is 1. The summed E-state index contributed by atoms with van der Waals surface area (Å²) < 4.78 is 28.2. The number of sulfonamides is 1. The van der Waals surface area contributed by atoms with Gasteiger partial charge in [0.1, 0.15) is 0 Å². The van der Waals surface area contributed by atoms with E-state index in [1.807, 2.05) is 0 Å². The van der Waals surface area contributed by atoms with Crippen LogP contribution >= 0.6 is 0 Å². The first kappa shape index (κ1) is 17.2. The number of hydrogen-bond acceptors (Lipinski definition) is 4. The van der Waals surface area contributed by atoms with Crippen LogP contribution in [0.2, 0.25) is 0 Å². The summed E-state index contributed by atoms with van der Waals surface area (Å²) in [5, 5.41) is 13.3. The van der Waals surface area contributed by atoms with Crippen molar-refractivity contribution in [2.45, 2.75) is 25.3 Å². The number of carbonyl (C=O) groups is 1. The second-order valence-corrected chi connectivity index (χ2v) is 7.29. The lowest BCUT2D eigenvalue weighted by atomic mass is 10.0. The van der Waals surface area contributed by atoms with Crippen LogP contribution in [0.3, 0.4) is 0 Å². The molecule has 1 N–H and O–H groups in total. The van der Waals surface area contributed by atoms with Gasteiger partial charge in [-0.25, -0.2) is 13.2 Å². The molecule has 2 aromatic rings. The molecule has 0 spiro atoms. The highest BCUT2D eigenvalue weighted by molar-refractivity contribution is 7.89. The Bertz CT molecular complexity index is 813. The third-order valence-electron chi connectivity index (χ3n) is 3.73. The van der Waals surface area contributed by atoms with E-state index in [0.29, 0.717) is 12.1 Å². The third-order valence-corrected chi connectivity index (χ3v) is 5.73. The maximum Gasteiger partial charge on any atom is 0.336 e. The van der Waals surface area contributed by atoms with Gasteiger partial charge in [0.05, 0.1) is 17.0 Å². The lowest BCUT2D eigenvalue weighted by Crippen LogP contribution is -2.31. The number of nitrogens with zero attached hydrogens (tertiary/aromatic N) is 3. The Morgan fingerprint density at radius 2 is 2.04 bits per heavy atom. The van der Waals surface area contributed by atoms with E-state index < -0.39 is 16.0 Å². The van der Waals surface area contributed by atoms with Crippen molar-refractivity contribution in [1.29, 1.82) is 0 Å². The summed E-state index contributed by atoms with van der Waals surface area (Å²) in [6.07, 6.45) is 3.37. The zero-order valence-electron chi connectivity index (χ0n) is 13.2. The van der Waals surface area contributed by atoms with Crippen LogP contribution in [-0.2, 0) is 16.6 Å². The summed E-state index contributed by atoms with van der Waals surface area (Å²) in [5.74, 6) is -1.13. The number of likely N-dealkylation sites (N-methyl/N-ethyl adjacent to an activating group) is 1. The predicted octanol–water partition coefficient (Wildman–Crippen LogP) is 1.52. The van der Waals surface area contributed by atoms with Gasteiger partial charge in [0, 0.05) is 26.0 Å². The van der Waals surface area contributed by atoms with Gasteiger partial charge in [-0.1, -0.05) is 6.07 Å². The molecule has 0 saturated heterocycles. The maximum atomic E-state index is 12.7. The lowest BCUT2D eigenvalue weighted by molar-refractivity contribution is 0.0695. The van der Waals surface area contributed by atoms with Crippen molar-refractivity contribution < 1.29 is 18.3 Å². The van der Waals surface area contributed by atoms with Crippen molar-refractivity contribution in [2.24, 2.45) is 0 Å². The standard InChI is InChI=1S/C15H19N3O4S/c1-11-5-6-13(12(2)14(11)15(19)20)23(21,22)17(3)9-10-18-8-4-7-16-18/h4-8H,9-10H2,1-3H3,(H,19,20). The van der Waals surface area contributed by atoms with Gasteiger partial charge in [-0.2, -0.15) is 9.40 Å². The smallest absolute Gasteiger partial charge is 0.336 e. The number of aromatic nitrogens is 2. The zero-order valence-corrected chi connectivity index (χ0v) is 14.0. The fourth-order valence-corrected chi connectivity index (χ4v) is 3.79. The first-order chi connectivity index (χ1) is 10.7. The Morgan fingerprint density at radius 1 is 1.35 bits per heavy atom. The van der Waals surface area contributed by atoms with Crippen molar-refractivity contribution in [3.63, 3.8) is 0 Å². The van der Waals surface area contributed by atoms with Gasteiger partial charge >= 0.3 is 5.97 Å². The topological polar surface area (TPSA) is 92.5 Å². The molecule has 0 radical (unpaired) electrons. The van der Waals surface area contributed by atoms with E-state index in [1.54, 1.807) is 30.1 Å². The summed E-state index contributed by atoms with van der Waals surface area (Å²) in [5.41, 5.74) is 0.822. The molecule has 0 aliphatic heterocycles. The molecule has 0 unspecified atom stereocenters. The van der Waals surface area contributed by atoms with E-state index in [-0.39, 0.29) is 22.6 Å². The Morgan fingerprint density at radius 3 is 2.61 bits per heavy atom. The van der Waals surface area contributed by atoms with Crippen LogP contribution in [0.5, 0.6) is 0 Å². The Balaban J connectivity index is 2.32. The highest BCUT2D eigenvalue weighted by Gasteiger charge is 2.26. The van der Waals surface area contributed by atoms with Gasteiger partial charge in [0.25, 0.3) is 0 Å². The molecule has 0 amide bonds. The highest BCUT2D eigenvalue weighted by Crippen LogP contribution is 2.24. The van der Waals surface area contributed by atoms with Gasteiger partial charge < -0.3 is 5.11 Å². The monoisotopic (exact) mass is 337 g/mol. The second kappa shape index (κ2) is 6.51. The summed E-state index contributed by atoms with van der Waals surface area (Å²) in [6, 6.07) is 4.74. The second-order valence-electron chi connectivity index (χ2n) is 5.28. The van der Waals surface area contributed by atoms with Crippen LogP contribution in [0.25, 0.3) is 0 Å². The number of aryl methyl sites for hydroxylation is 1. The van der Waals surface area contributed by atoms with E-state index in [4.69, 9.17) is 0 Å². The SMILES string of the molecule is Cc1ccc(S(=O)(=O)N(C)CCn2cccn2)c(C)c1C(=O)O. The molecule has 124 valence electrons. The van der Waals surface area contributed by atoms with Crippen molar-refractivity contribution in [3.05, 3.63) is 47.3 Å². The quantitative estimate of drug-likeness (QED) is 0.863. The highest BCUT2D eigenvalue weighted by atomic mass is 32.2. The van der Waals surface area contributed by atoms with Crippen LogP contribution in [0.1, 0.15) is 21.5 Å². The molecule has 0 aliphatic rings. The third kappa shape index (κ3) is 3.43. The Labute approximate surface area is 135 Å². The largest absolute Gasteiger partial charge is 0.478 e. The molecule has 0 fully saturated rings. The molecule has 1 heterocycles. The van der Waals surface area contributed by atoms with Gasteiger partial charge in [-0.3, -0.25) is 4.68 Å². The number of benzene rings is 1. The summed E-state index contributed by atoms with van der Waals surface area (Å²) in [4.78, 5) is 11.4. The minimum Gasteiger partial charge on any atom is -0.478 e. The molecule has 0 bridgehead atoms. The van der Waals surface area contributed by atoms with Gasteiger partial charge in [0.15, 0.2) is 0 Å². The van der Waals surface area contributed by atoms with Crippen molar-refractivity contribution >= 4 is 16.0 Å². The Kier molecular flexibility index (Phi) is 4.86. The molecule has 8 heteroatoms. The molecule has 23 heavy (non-hydrogen) atoms. The summed E-state index contributed by atoms with van der Waals surface area (Å²) in [7, 11) is -2.30. The normalized spacial score (nSPS) is 11.8. The minimum atomic E-state index is -3.77. The van der Waals surface area contributed by atoms with Crippen molar-refractivity contribution in [3.8, 4) is 0 Å². The van der Waals surface area contributed by atoms with E-state index >= 15 is 0 Å². The molecular formula is C15H19N3O4S. The van der Waals surface area contributed by atoms with E-state index in [2.05, 4.69) is 5.10 Å². The lowest BCUT2D eigenvalue weighted by Gasteiger charge is -2.19. The minimum absolute atomic E-state index is 0.0171. The van der Waals surface area contributed by atoms with Crippen LogP contribution in [-0.4, -0.2) is 47.2 Å². The fourth-order valence-electron chi connectivity index (χ4n) is 2.40. The predicted molar refractivity (Wildman–Crippen MR) is 84.9 cm³/mol. The van der Waals surface area contributed by atoms with Gasteiger partial charge in [-0.05, 0) is 37.1 Å². The van der Waals surface area contributed by atoms with E-state index in [1.165, 1.54) is 30.4 Å². The summed E-state index contributed by atoms with van der Waals surface area (Å²) >= 11 is 0. The molecule has 0 saturated carbocycles. The van der Waals surface area contributed by atoms with E-state index in [0.717, 1.165) is 0 Å². The average Bonchev–Trinajstić information content (AvgIpc) is 2.97. The molecule has 0 atom stereocenters. The Hall–Kier alpha value is -2.19. The van der Waals surface area contributed by atoms with Crippen LogP contribution in [0, 0.1) is 13.8 Å². The molecule has 1 aromatic carbocycles. The average molecular weight is 337 g/mol. The molecule has 7 nitrogen and oxygen atoms in total. The fraction of sp³-hybridized carbons (Fsp3) is 0.333. The summed E-state index contributed by atoms with van der Waals surface area (Å²) in [6.45, 7) is 3.82. The van der Waals surface area contributed by atoms with E-state index in [9.17, 15) is 18.3 Å². The van der Waals surface area contributed by atoms with Gasteiger partial charge in [-0.15, -0.1) is 0 Å². The number of aromatic carboxylic acids is 1. The molecular weight excluding hydrogens is 318 g/mol. The van der Waals surface area contributed by atoms with Gasteiger partial charge in [0.2, 0.25) is 10.0 Å². The number of hydrogen-bond donors (Lipinski definition) is 1. The molecule has 2 rings (SSSR count). The van der Waals surface area contributed by atoms with Crippen molar-refractivity contribution in [2.75, 3.05) is 13.6 Å². The molecule has 1 aromatic heterocycles. The van der Waals surface area contributed by atoms with Crippen LogP contribution in [0.15, 0.2) is 35.5 Å². The maximum absolute atomic E-state index is 12.7. The number of carboxylic acids is 1. The van der Waals surface area contributed by atoms with Crippen molar-refractivity contribution in [1.82, 2.24) is 14.1 Å².